The number of anilines is 2. The molecule has 0 saturated carbocycles. The summed E-state index contributed by atoms with van der Waals surface area (Å²) in [6.07, 6.45) is 1.65. The molecule has 3 aromatic rings. The molecule has 0 amide bonds. The second-order valence-corrected chi connectivity index (χ2v) is 5.57. The van der Waals surface area contributed by atoms with Crippen LogP contribution in [0.5, 0.6) is 5.75 Å². The zero-order valence-electron chi connectivity index (χ0n) is 14.0. The topological polar surface area (TPSA) is 78.2 Å². The Morgan fingerprint density at radius 1 is 1.08 bits per heavy atom. The van der Waals surface area contributed by atoms with Crippen molar-refractivity contribution in [1.82, 2.24) is 14.1 Å². The molecule has 2 aromatic heterocycles. The van der Waals surface area contributed by atoms with Crippen LogP contribution in [-0.4, -0.2) is 21.2 Å². The van der Waals surface area contributed by atoms with Gasteiger partial charge in [-0.15, -0.1) is 0 Å². The van der Waals surface area contributed by atoms with Crippen molar-refractivity contribution in [3.63, 3.8) is 0 Å². The number of hydrogen-bond acceptors (Lipinski definition) is 5. The summed E-state index contributed by atoms with van der Waals surface area (Å²) in [5, 5.41) is 3.64. The van der Waals surface area contributed by atoms with Gasteiger partial charge in [-0.3, -0.25) is 13.9 Å². The molecule has 0 atom stereocenters. The van der Waals surface area contributed by atoms with Gasteiger partial charge in [-0.1, -0.05) is 0 Å². The van der Waals surface area contributed by atoms with Crippen molar-refractivity contribution in [1.29, 1.82) is 0 Å². The molecule has 124 valence electrons. The van der Waals surface area contributed by atoms with Gasteiger partial charge in [0.2, 0.25) is 0 Å². The Hall–Kier alpha value is -3.09. The van der Waals surface area contributed by atoms with Crippen molar-refractivity contribution in [2.45, 2.75) is 6.92 Å². The molecule has 0 spiro atoms. The van der Waals surface area contributed by atoms with E-state index in [9.17, 15) is 9.59 Å². The summed E-state index contributed by atoms with van der Waals surface area (Å²) in [5.41, 5.74) is 1.84. The summed E-state index contributed by atoms with van der Waals surface area (Å²) in [6, 6.07) is 7.37. The highest BCUT2D eigenvalue weighted by Gasteiger charge is 2.15. The van der Waals surface area contributed by atoms with E-state index < -0.39 is 5.69 Å². The molecule has 0 aliphatic rings. The van der Waals surface area contributed by atoms with Crippen molar-refractivity contribution in [2.24, 2.45) is 14.1 Å². The lowest BCUT2D eigenvalue weighted by molar-refractivity contribution is 0.415. The van der Waals surface area contributed by atoms with Gasteiger partial charge in [-0.25, -0.2) is 9.78 Å². The molecule has 24 heavy (non-hydrogen) atoms. The van der Waals surface area contributed by atoms with E-state index in [4.69, 9.17) is 4.74 Å². The van der Waals surface area contributed by atoms with Crippen LogP contribution in [0, 0.1) is 6.92 Å². The number of methoxy groups -OCH3 is 1. The molecule has 0 radical (unpaired) electrons. The fraction of sp³-hybridized carbons (Fsp3) is 0.235. The number of aryl methyl sites for hydroxylation is 2. The minimum absolute atomic E-state index is 0.352. The Labute approximate surface area is 138 Å². The summed E-state index contributed by atoms with van der Waals surface area (Å²) in [7, 11) is 4.67. The highest BCUT2D eigenvalue weighted by molar-refractivity contribution is 5.92. The maximum absolute atomic E-state index is 12.6. The summed E-state index contributed by atoms with van der Waals surface area (Å²) < 4.78 is 7.60. The van der Waals surface area contributed by atoms with E-state index in [1.54, 1.807) is 20.4 Å². The molecule has 7 nitrogen and oxygen atoms in total. The summed E-state index contributed by atoms with van der Waals surface area (Å²) in [5.74, 6) is 0.746. The van der Waals surface area contributed by atoms with Gasteiger partial charge < -0.3 is 10.1 Å². The second-order valence-electron chi connectivity index (χ2n) is 5.57. The maximum Gasteiger partial charge on any atom is 0.332 e. The van der Waals surface area contributed by atoms with Crippen LogP contribution in [0.2, 0.25) is 0 Å². The van der Waals surface area contributed by atoms with Crippen molar-refractivity contribution in [3.8, 4) is 5.75 Å². The molecule has 3 rings (SSSR count). The standard InChI is InChI=1S/C17H18N4O3/c1-10-9-18-15-13(16(22)21(3)17(23)20(15)2)14(10)19-11-5-7-12(24-4)8-6-11/h5-9H,1-4H3,(H,18,19). The molecule has 7 heteroatoms. The number of pyridine rings is 1. The van der Waals surface area contributed by atoms with Gasteiger partial charge in [0.25, 0.3) is 5.56 Å². The first-order chi connectivity index (χ1) is 11.4. The minimum atomic E-state index is -0.403. The average Bonchev–Trinajstić information content (AvgIpc) is 2.60. The van der Waals surface area contributed by atoms with Crippen LogP contribution < -0.4 is 21.3 Å². The maximum atomic E-state index is 12.6. The molecule has 0 unspecified atom stereocenters. The van der Waals surface area contributed by atoms with Gasteiger partial charge in [-0.05, 0) is 36.8 Å². The van der Waals surface area contributed by atoms with Gasteiger partial charge in [-0.2, -0.15) is 0 Å². The average molecular weight is 326 g/mol. The second kappa shape index (κ2) is 5.84. The van der Waals surface area contributed by atoms with E-state index in [2.05, 4.69) is 10.3 Å². The van der Waals surface area contributed by atoms with Crippen LogP contribution in [-0.2, 0) is 14.1 Å². The molecule has 1 aromatic carbocycles. The van der Waals surface area contributed by atoms with Gasteiger partial charge in [0, 0.05) is 26.0 Å². The number of hydrogen-bond donors (Lipinski definition) is 1. The number of rotatable bonds is 3. The van der Waals surface area contributed by atoms with Gasteiger partial charge >= 0.3 is 5.69 Å². The van der Waals surface area contributed by atoms with Gasteiger partial charge in [0.15, 0.2) is 5.65 Å². The third kappa shape index (κ3) is 2.44. The predicted molar refractivity (Wildman–Crippen MR) is 93.2 cm³/mol. The number of aromatic nitrogens is 3. The molecular weight excluding hydrogens is 308 g/mol. The number of benzene rings is 1. The summed E-state index contributed by atoms with van der Waals surface area (Å²) >= 11 is 0. The van der Waals surface area contributed by atoms with E-state index in [-0.39, 0.29) is 5.56 Å². The lowest BCUT2D eigenvalue weighted by atomic mass is 10.1. The SMILES string of the molecule is COc1ccc(Nc2c(C)cnc3c2c(=O)n(C)c(=O)n3C)cc1. The van der Waals surface area contributed by atoms with E-state index in [0.29, 0.717) is 16.7 Å². The zero-order chi connectivity index (χ0) is 17.4. The highest BCUT2D eigenvalue weighted by Crippen LogP contribution is 2.26. The highest BCUT2D eigenvalue weighted by atomic mass is 16.5. The number of nitrogens with zero attached hydrogens (tertiary/aromatic N) is 3. The smallest absolute Gasteiger partial charge is 0.332 e. The Morgan fingerprint density at radius 3 is 2.38 bits per heavy atom. The van der Waals surface area contributed by atoms with Crippen LogP contribution in [0.4, 0.5) is 11.4 Å². The van der Waals surface area contributed by atoms with Crippen LogP contribution in [0.15, 0.2) is 40.1 Å². The number of fused-ring (bicyclic) bond motifs is 1. The zero-order valence-corrected chi connectivity index (χ0v) is 14.0. The molecule has 0 aliphatic carbocycles. The van der Waals surface area contributed by atoms with Crippen LogP contribution >= 0.6 is 0 Å². The predicted octanol–water partition coefficient (Wildman–Crippen LogP) is 1.69. The Balaban J connectivity index is 2.25. The van der Waals surface area contributed by atoms with Crippen LogP contribution in [0.1, 0.15) is 5.56 Å². The molecule has 1 N–H and O–H groups in total. The quantitative estimate of drug-likeness (QED) is 0.792. The monoisotopic (exact) mass is 326 g/mol. The van der Waals surface area contributed by atoms with E-state index in [1.165, 1.54) is 11.6 Å². The van der Waals surface area contributed by atoms with Crippen molar-refractivity contribution in [2.75, 3.05) is 12.4 Å². The minimum Gasteiger partial charge on any atom is -0.497 e. The first-order valence-corrected chi connectivity index (χ1v) is 7.40. The first kappa shape index (κ1) is 15.8. The Morgan fingerprint density at radius 2 is 1.75 bits per heavy atom. The largest absolute Gasteiger partial charge is 0.497 e. The third-order valence-electron chi connectivity index (χ3n) is 4.02. The molecule has 0 fully saturated rings. The fourth-order valence-electron chi connectivity index (χ4n) is 2.60. The Bertz CT molecular complexity index is 1030. The molecular formula is C17H18N4O3. The van der Waals surface area contributed by atoms with Gasteiger partial charge in [0.1, 0.15) is 11.1 Å². The Kier molecular flexibility index (Phi) is 3.84. The summed E-state index contributed by atoms with van der Waals surface area (Å²) in [6.45, 7) is 1.86. The van der Waals surface area contributed by atoms with Crippen LogP contribution in [0.3, 0.4) is 0 Å². The van der Waals surface area contributed by atoms with E-state index in [0.717, 1.165) is 21.6 Å². The molecule has 0 bridgehead atoms. The number of ether oxygens (including phenoxy) is 1. The van der Waals surface area contributed by atoms with Crippen molar-refractivity contribution in [3.05, 3.63) is 56.9 Å². The van der Waals surface area contributed by atoms with E-state index >= 15 is 0 Å². The molecule has 0 aliphatic heterocycles. The van der Waals surface area contributed by atoms with Crippen LogP contribution in [0.25, 0.3) is 11.0 Å². The first-order valence-electron chi connectivity index (χ1n) is 7.40. The molecule has 2 heterocycles. The van der Waals surface area contributed by atoms with E-state index in [1.807, 2.05) is 31.2 Å². The van der Waals surface area contributed by atoms with Gasteiger partial charge in [0.05, 0.1) is 12.8 Å². The number of nitrogens with one attached hydrogen (secondary N) is 1. The fourth-order valence-corrected chi connectivity index (χ4v) is 2.60. The molecule has 0 saturated heterocycles. The van der Waals surface area contributed by atoms with Crippen molar-refractivity contribution >= 4 is 22.4 Å². The van der Waals surface area contributed by atoms with Crippen molar-refractivity contribution < 1.29 is 4.74 Å². The third-order valence-corrected chi connectivity index (χ3v) is 4.02. The lowest BCUT2D eigenvalue weighted by Crippen LogP contribution is -2.37. The normalized spacial score (nSPS) is 10.8. The summed E-state index contributed by atoms with van der Waals surface area (Å²) in [4.78, 5) is 29.0. The lowest BCUT2D eigenvalue weighted by Gasteiger charge is -2.14.